The van der Waals surface area contributed by atoms with Crippen molar-refractivity contribution < 1.29 is 24.3 Å². The number of carbonyl (C=O) groups is 1. The van der Waals surface area contributed by atoms with E-state index in [-0.39, 0.29) is 5.92 Å². The third kappa shape index (κ3) is 4.69. The highest BCUT2D eigenvalue weighted by Crippen LogP contribution is 2.36. The molecule has 3 N–H and O–H groups in total. The van der Waals surface area contributed by atoms with Crippen LogP contribution in [0, 0.1) is 0 Å². The van der Waals surface area contributed by atoms with Gasteiger partial charge in [-0.05, 0) is 25.0 Å². The number of amides is 1. The van der Waals surface area contributed by atoms with Crippen LogP contribution in [0.2, 0.25) is 0 Å². The Bertz CT molecular complexity index is 755. The van der Waals surface area contributed by atoms with Crippen LogP contribution >= 0.6 is 0 Å². The number of carbonyl (C=O) groups excluding carboxylic acids is 1. The molecular formula is C20H24BNO5. The Balaban J connectivity index is 1.71. The summed E-state index contributed by atoms with van der Waals surface area (Å²) in [4.78, 5) is 12.8. The molecule has 0 fully saturated rings. The van der Waals surface area contributed by atoms with E-state index in [2.05, 4.69) is 5.32 Å². The number of fused-ring (bicyclic) bond motifs is 1. The van der Waals surface area contributed by atoms with E-state index < -0.39 is 25.1 Å². The average Bonchev–Trinajstić information content (AvgIpc) is 3.09. The summed E-state index contributed by atoms with van der Waals surface area (Å²) in [5.74, 6) is -0.440. The van der Waals surface area contributed by atoms with Crippen LogP contribution < -0.4 is 10.1 Å². The van der Waals surface area contributed by atoms with E-state index in [9.17, 15) is 14.8 Å². The Morgan fingerprint density at radius 2 is 1.93 bits per heavy atom. The van der Waals surface area contributed by atoms with Crippen molar-refractivity contribution in [2.24, 2.45) is 0 Å². The maximum Gasteiger partial charge on any atom is 0.475 e. The smallest absolute Gasteiger partial charge is 0.475 e. The number of para-hydroxylation sites is 1. The van der Waals surface area contributed by atoms with Gasteiger partial charge in [-0.1, -0.05) is 48.5 Å². The molecule has 2 aromatic carbocycles. The molecule has 1 aliphatic heterocycles. The Morgan fingerprint density at radius 1 is 1.22 bits per heavy atom. The highest BCUT2D eigenvalue weighted by Gasteiger charge is 2.34. The third-order valence-electron chi connectivity index (χ3n) is 4.70. The van der Waals surface area contributed by atoms with Gasteiger partial charge in [-0.25, -0.2) is 0 Å². The van der Waals surface area contributed by atoms with Crippen LogP contribution in [0.5, 0.6) is 5.75 Å². The van der Waals surface area contributed by atoms with Gasteiger partial charge in [0.05, 0.1) is 12.5 Å². The van der Waals surface area contributed by atoms with Crippen molar-refractivity contribution in [3.8, 4) is 5.75 Å². The molecule has 3 atom stereocenters. The Hall–Kier alpha value is -2.35. The van der Waals surface area contributed by atoms with E-state index >= 15 is 0 Å². The van der Waals surface area contributed by atoms with Gasteiger partial charge in [-0.2, -0.15) is 0 Å². The first-order chi connectivity index (χ1) is 13.1. The molecule has 7 heteroatoms. The second-order valence-corrected chi connectivity index (χ2v) is 6.56. The molecule has 1 aliphatic rings. The summed E-state index contributed by atoms with van der Waals surface area (Å²) in [5.41, 5.74) is 1.74. The normalized spacial score (nSPS) is 17.5. The second-order valence-electron chi connectivity index (χ2n) is 6.56. The molecule has 142 valence electrons. The Kier molecular flexibility index (Phi) is 6.50. The summed E-state index contributed by atoms with van der Waals surface area (Å²) in [7, 11) is -1.68. The number of rotatable bonds is 8. The first-order valence-electron chi connectivity index (χ1n) is 9.15. The molecular weight excluding hydrogens is 345 g/mol. The fourth-order valence-corrected chi connectivity index (χ4v) is 3.36. The zero-order valence-corrected chi connectivity index (χ0v) is 15.2. The van der Waals surface area contributed by atoms with Crippen molar-refractivity contribution in [2.45, 2.75) is 31.3 Å². The second kappa shape index (κ2) is 9.04. The lowest BCUT2D eigenvalue weighted by molar-refractivity contribution is -0.133. The summed E-state index contributed by atoms with van der Waals surface area (Å²) >= 11 is 0. The molecule has 2 unspecified atom stereocenters. The SMILES string of the molecule is CCO[C@@H](C(=O)NC(CC1COc2ccccc21)B(O)O)c1ccccc1. The van der Waals surface area contributed by atoms with Gasteiger partial charge < -0.3 is 24.8 Å². The molecule has 6 nitrogen and oxygen atoms in total. The molecule has 1 amide bonds. The van der Waals surface area contributed by atoms with Gasteiger partial charge in [-0.15, -0.1) is 0 Å². The number of ether oxygens (including phenoxy) is 2. The van der Waals surface area contributed by atoms with Crippen LogP contribution in [-0.2, 0) is 9.53 Å². The van der Waals surface area contributed by atoms with Crippen molar-refractivity contribution in [1.29, 1.82) is 0 Å². The molecule has 27 heavy (non-hydrogen) atoms. The fourth-order valence-electron chi connectivity index (χ4n) is 3.36. The van der Waals surface area contributed by atoms with Gasteiger partial charge in [0.15, 0.2) is 6.10 Å². The molecule has 0 saturated heterocycles. The molecule has 0 aliphatic carbocycles. The van der Waals surface area contributed by atoms with E-state index in [0.29, 0.717) is 19.6 Å². The minimum absolute atomic E-state index is 0.0180. The van der Waals surface area contributed by atoms with Crippen molar-refractivity contribution in [3.05, 3.63) is 65.7 Å². The van der Waals surface area contributed by atoms with Gasteiger partial charge in [0.1, 0.15) is 5.75 Å². The first-order valence-corrected chi connectivity index (χ1v) is 9.15. The minimum atomic E-state index is -1.68. The summed E-state index contributed by atoms with van der Waals surface area (Å²) in [6.07, 6.45) is -0.446. The van der Waals surface area contributed by atoms with E-state index in [1.165, 1.54) is 0 Å². The predicted octanol–water partition coefficient (Wildman–Crippen LogP) is 1.83. The summed E-state index contributed by atoms with van der Waals surface area (Å²) in [6, 6.07) is 16.8. The van der Waals surface area contributed by atoms with Crippen molar-refractivity contribution in [3.63, 3.8) is 0 Å². The van der Waals surface area contributed by atoms with Gasteiger partial charge in [0, 0.05) is 18.1 Å². The standard InChI is InChI=1S/C20H24BNO5/c1-2-26-19(14-8-4-3-5-9-14)20(23)22-18(21(24)25)12-15-13-27-17-11-7-6-10-16(15)17/h3-11,15,18-19,24-25H,2,12-13H2,1H3,(H,22,23)/t15?,18?,19-/m1/s1. The molecule has 0 spiro atoms. The van der Waals surface area contributed by atoms with Gasteiger partial charge in [0.2, 0.25) is 0 Å². The fraction of sp³-hybridized carbons (Fsp3) is 0.350. The highest BCUT2D eigenvalue weighted by atomic mass is 16.5. The summed E-state index contributed by atoms with van der Waals surface area (Å²) < 4.78 is 11.2. The first kappa shape index (κ1) is 19.4. The van der Waals surface area contributed by atoms with Crippen LogP contribution in [0.15, 0.2) is 54.6 Å². The number of hydrogen-bond donors (Lipinski definition) is 3. The molecule has 2 aromatic rings. The van der Waals surface area contributed by atoms with Crippen LogP contribution in [-0.4, -0.2) is 42.2 Å². The summed E-state index contributed by atoms with van der Waals surface area (Å²) in [5, 5.41) is 22.4. The number of nitrogens with one attached hydrogen (secondary N) is 1. The quantitative estimate of drug-likeness (QED) is 0.618. The molecule has 0 aromatic heterocycles. The maximum atomic E-state index is 12.8. The van der Waals surface area contributed by atoms with Crippen LogP contribution in [0.25, 0.3) is 0 Å². The molecule has 0 radical (unpaired) electrons. The highest BCUT2D eigenvalue weighted by molar-refractivity contribution is 6.43. The third-order valence-corrected chi connectivity index (χ3v) is 4.70. The van der Waals surface area contributed by atoms with Crippen molar-refractivity contribution in [2.75, 3.05) is 13.2 Å². The minimum Gasteiger partial charge on any atom is -0.493 e. The topological polar surface area (TPSA) is 88.0 Å². The molecule has 3 rings (SSSR count). The lowest BCUT2D eigenvalue weighted by atomic mass is 9.73. The maximum absolute atomic E-state index is 12.8. The van der Waals surface area contributed by atoms with Crippen LogP contribution in [0.1, 0.15) is 36.5 Å². The largest absolute Gasteiger partial charge is 0.493 e. The number of hydrogen-bond acceptors (Lipinski definition) is 5. The Labute approximate surface area is 159 Å². The van der Waals surface area contributed by atoms with Gasteiger partial charge in [0.25, 0.3) is 5.91 Å². The van der Waals surface area contributed by atoms with Gasteiger partial charge >= 0.3 is 7.12 Å². The monoisotopic (exact) mass is 369 g/mol. The van der Waals surface area contributed by atoms with Crippen LogP contribution in [0.3, 0.4) is 0 Å². The predicted molar refractivity (Wildman–Crippen MR) is 102 cm³/mol. The zero-order chi connectivity index (χ0) is 19.2. The van der Waals surface area contributed by atoms with E-state index in [0.717, 1.165) is 16.9 Å². The lowest BCUT2D eigenvalue weighted by Gasteiger charge is -2.24. The molecule has 0 bridgehead atoms. The van der Waals surface area contributed by atoms with E-state index in [1.54, 1.807) is 0 Å². The number of benzene rings is 2. The van der Waals surface area contributed by atoms with Gasteiger partial charge in [-0.3, -0.25) is 4.79 Å². The molecule has 0 saturated carbocycles. The lowest BCUT2D eigenvalue weighted by Crippen LogP contribution is -2.49. The molecule has 1 heterocycles. The Morgan fingerprint density at radius 3 is 2.63 bits per heavy atom. The summed E-state index contributed by atoms with van der Waals surface area (Å²) in [6.45, 7) is 2.63. The van der Waals surface area contributed by atoms with E-state index in [4.69, 9.17) is 9.47 Å². The van der Waals surface area contributed by atoms with Crippen molar-refractivity contribution >= 4 is 13.0 Å². The zero-order valence-electron chi connectivity index (χ0n) is 15.2. The van der Waals surface area contributed by atoms with Crippen molar-refractivity contribution in [1.82, 2.24) is 5.32 Å². The van der Waals surface area contributed by atoms with E-state index in [1.807, 2.05) is 61.5 Å². The van der Waals surface area contributed by atoms with Crippen LogP contribution in [0.4, 0.5) is 0 Å². The average molecular weight is 369 g/mol.